The zero-order valence-electron chi connectivity index (χ0n) is 11.8. The van der Waals surface area contributed by atoms with E-state index in [0.29, 0.717) is 22.6 Å². The lowest BCUT2D eigenvalue weighted by molar-refractivity contribution is -0.870. The van der Waals surface area contributed by atoms with Gasteiger partial charge in [0, 0.05) is 12.3 Å². The first-order valence-corrected chi connectivity index (χ1v) is 7.03. The fourth-order valence-corrected chi connectivity index (χ4v) is 2.37. The first-order valence-electron chi connectivity index (χ1n) is 6.04. The third kappa shape index (κ3) is 6.75. The number of halogens is 1. The van der Waals surface area contributed by atoms with Gasteiger partial charge in [0.05, 0.1) is 26.1 Å². The summed E-state index contributed by atoms with van der Waals surface area (Å²) in [6.07, 6.45) is 0.926. The van der Waals surface area contributed by atoms with E-state index in [4.69, 9.17) is 4.74 Å². The molecule has 0 unspecified atom stereocenters. The van der Waals surface area contributed by atoms with E-state index in [0.717, 1.165) is 12.2 Å². The molecule has 9 heteroatoms. The van der Waals surface area contributed by atoms with Crippen LogP contribution in [-0.4, -0.2) is 62.0 Å². The van der Waals surface area contributed by atoms with Crippen LogP contribution in [0.3, 0.4) is 0 Å². The predicted octanol–water partition coefficient (Wildman–Crippen LogP) is -2.59. The summed E-state index contributed by atoms with van der Waals surface area (Å²) in [5.74, 6) is -0.0957. The number of nitro groups is 1. The maximum Gasteiger partial charge on any atom is 0.412 e. The van der Waals surface area contributed by atoms with Gasteiger partial charge in [-0.2, -0.15) is 0 Å². The van der Waals surface area contributed by atoms with Gasteiger partial charge < -0.3 is 38.5 Å². The van der Waals surface area contributed by atoms with E-state index < -0.39 is 16.6 Å². The highest BCUT2D eigenvalue weighted by atomic mass is 127. The van der Waals surface area contributed by atoms with E-state index in [-0.39, 0.29) is 30.6 Å². The number of nitrogens with zero attached hydrogens (tertiary/aromatic N) is 2. The Bertz CT molecular complexity index is 388. The molecule has 0 aromatic carbocycles. The Labute approximate surface area is 139 Å². The molecule has 1 saturated heterocycles. The lowest BCUT2D eigenvalue weighted by atomic mass is 10.4. The molecule has 116 valence electrons. The van der Waals surface area contributed by atoms with Gasteiger partial charge in [-0.15, -0.1) is 11.8 Å². The zero-order valence-corrected chi connectivity index (χ0v) is 14.8. The third-order valence-electron chi connectivity index (χ3n) is 2.44. The second-order valence-corrected chi connectivity index (χ2v) is 6.32. The summed E-state index contributed by atoms with van der Waals surface area (Å²) in [5.41, 5.74) is -0.480. The fraction of sp³-hybridized carbons (Fsp3) is 0.727. The number of nitrogens with one attached hydrogen (secondary N) is 1. The van der Waals surface area contributed by atoms with Crippen LogP contribution < -0.4 is 29.3 Å². The van der Waals surface area contributed by atoms with Gasteiger partial charge in [-0.3, -0.25) is 10.1 Å². The molecular weight excluding hydrogens is 397 g/mol. The number of ether oxygens (including phenoxy) is 1. The van der Waals surface area contributed by atoms with Crippen LogP contribution in [0.2, 0.25) is 0 Å². The number of esters is 1. The van der Waals surface area contributed by atoms with Crippen molar-refractivity contribution in [3.05, 3.63) is 20.8 Å². The molecule has 1 N–H and O–H groups in total. The van der Waals surface area contributed by atoms with Gasteiger partial charge in [0.15, 0.2) is 5.03 Å². The summed E-state index contributed by atoms with van der Waals surface area (Å²) in [6.45, 7) is 1.41. The summed E-state index contributed by atoms with van der Waals surface area (Å²) < 4.78 is 5.62. The number of carbonyl (C=O) groups is 1. The summed E-state index contributed by atoms with van der Waals surface area (Å²) in [5, 5.41) is 14.2. The quantitative estimate of drug-likeness (QED) is 0.132. The Hall–Kier alpha value is -0.550. The monoisotopic (exact) mass is 417 g/mol. The molecule has 0 aromatic heterocycles. The smallest absolute Gasteiger partial charge is 0.412 e. The van der Waals surface area contributed by atoms with E-state index in [1.165, 1.54) is 11.8 Å². The largest absolute Gasteiger partial charge is 1.00 e. The first kappa shape index (κ1) is 19.4. The SMILES string of the molecule is C[N+](C)(C)CCOC(=O)/C(=C1/NCCCS1)[N+](=O)[O-].[I-]. The number of carbonyl (C=O) groups excluding carboxylic acids is 1. The predicted molar refractivity (Wildman–Crippen MR) is 73.0 cm³/mol. The summed E-state index contributed by atoms with van der Waals surface area (Å²) >= 11 is 1.29. The lowest BCUT2D eigenvalue weighted by Crippen LogP contribution is -3.00. The number of rotatable bonds is 5. The first-order chi connectivity index (χ1) is 8.81. The molecule has 1 heterocycles. The van der Waals surface area contributed by atoms with Gasteiger partial charge in [-0.1, -0.05) is 0 Å². The molecule has 0 spiro atoms. The number of quaternary nitrogens is 1. The summed E-state index contributed by atoms with van der Waals surface area (Å²) in [4.78, 5) is 22.1. The highest BCUT2D eigenvalue weighted by Crippen LogP contribution is 2.22. The van der Waals surface area contributed by atoms with E-state index in [1.807, 2.05) is 21.1 Å². The molecule has 1 rings (SSSR count). The highest BCUT2D eigenvalue weighted by molar-refractivity contribution is 8.03. The second-order valence-electron chi connectivity index (χ2n) is 5.21. The van der Waals surface area contributed by atoms with Crippen molar-refractivity contribution in [1.82, 2.24) is 5.32 Å². The van der Waals surface area contributed by atoms with E-state index in [1.54, 1.807) is 0 Å². The minimum absolute atomic E-state index is 0. The minimum atomic E-state index is -0.865. The van der Waals surface area contributed by atoms with Gasteiger partial charge in [0.2, 0.25) is 0 Å². The van der Waals surface area contributed by atoms with Crippen LogP contribution in [0.4, 0.5) is 0 Å². The Morgan fingerprint density at radius 2 is 2.15 bits per heavy atom. The molecule has 0 amide bonds. The molecule has 20 heavy (non-hydrogen) atoms. The van der Waals surface area contributed by atoms with Crippen molar-refractivity contribution in [2.24, 2.45) is 0 Å². The molecule has 0 radical (unpaired) electrons. The van der Waals surface area contributed by atoms with Crippen molar-refractivity contribution in [2.75, 3.05) is 46.6 Å². The maximum absolute atomic E-state index is 11.8. The highest BCUT2D eigenvalue weighted by Gasteiger charge is 2.31. The Balaban J connectivity index is 0.00000361. The molecular formula is C11H20IN3O4S. The van der Waals surface area contributed by atoms with Gasteiger partial charge >= 0.3 is 11.7 Å². The molecule has 0 aromatic rings. The number of hydrogen-bond donors (Lipinski definition) is 1. The van der Waals surface area contributed by atoms with Crippen LogP contribution in [0.1, 0.15) is 6.42 Å². The van der Waals surface area contributed by atoms with Crippen molar-refractivity contribution >= 4 is 17.7 Å². The Morgan fingerprint density at radius 1 is 1.50 bits per heavy atom. The van der Waals surface area contributed by atoms with Crippen LogP contribution in [0, 0.1) is 10.1 Å². The van der Waals surface area contributed by atoms with Crippen molar-refractivity contribution in [3.63, 3.8) is 0 Å². The molecule has 0 saturated carbocycles. The van der Waals surface area contributed by atoms with Crippen LogP contribution in [0.15, 0.2) is 10.7 Å². The second kappa shape index (κ2) is 8.67. The van der Waals surface area contributed by atoms with Crippen LogP contribution in [0.25, 0.3) is 0 Å². The van der Waals surface area contributed by atoms with Gasteiger partial charge in [-0.25, -0.2) is 4.79 Å². The normalized spacial score (nSPS) is 17.6. The van der Waals surface area contributed by atoms with Gasteiger partial charge in [0.25, 0.3) is 0 Å². The number of hydrogen-bond acceptors (Lipinski definition) is 6. The van der Waals surface area contributed by atoms with E-state index in [9.17, 15) is 14.9 Å². The topological polar surface area (TPSA) is 81.5 Å². The molecule has 7 nitrogen and oxygen atoms in total. The molecule has 0 bridgehead atoms. The average Bonchev–Trinajstić information content (AvgIpc) is 2.28. The minimum Gasteiger partial charge on any atom is -1.00 e. The third-order valence-corrected chi connectivity index (χ3v) is 3.56. The Morgan fingerprint density at radius 3 is 2.60 bits per heavy atom. The number of thioether (sulfide) groups is 1. The van der Waals surface area contributed by atoms with Crippen LogP contribution in [-0.2, 0) is 9.53 Å². The van der Waals surface area contributed by atoms with Crippen molar-refractivity contribution in [3.8, 4) is 0 Å². The lowest BCUT2D eigenvalue weighted by Gasteiger charge is -2.23. The van der Waals surface area contributed by atoms with Crippen LogP contribution in [0.5, 0.6) is 0 Å². The zero-order chi connectivity index (χ0) is 14.5. The van der Waals surface area contributed by atoms with E-state index >= 15 is 0 Å². The number of likely N-dealkylation sites (N-methyl/N-ethyl adjacent to an activating group) is 1. The molecule has 1 aliphatic heterocycles. The maximum atomic E-state index is 11.8. The van der Waals surface area contributed by atoms with Crippen molar-refractivity contribution in [2.45, 2.75) is 6.42 Å². The molecule has 0 atom stereocenters. The molecule has 1 fully saturated rings. The van der Waals surface area contributed by atoms with Gasteiger partial charge in [-0.05, 0) is 6.42 Å². The van der Waals surface area contributed by atoms with Crippen molar-refractivity contribution < 1.29 is 42.9 Å². The van der Waals surface area contributed by atoms with E-state index in [2.05, 4.69) is 5.32 Å². The van der Waals surface area contributed by atoms with Gasteiger partial charge in [0.1, 0.15) is 13.2 Å². The Kier molecular flexibility index (Phi) is 8.44. The standard InChI is InChI=1S/C11H19N3O4S.HI/c1-14(2,3)6-7-18-11(15)9(13(16)17)10-12-5-4-8-19-10;/h4-8H2,1-3H3;1H. The average molecular weight is 417 g/mol. The summed E-state index contributed by atoms with van der Waals surface area (Å²) in [7, 11) is 5.87. The fourth-order valence-electron chi connectivity index (χ4n) is 1.38. The van der Waals surface area contributed by atoms with Crippen LogP contribution >= 0.6 is 11.8 Å². The molecule has 1 aliphatic rings. The summed E-state index contributed by atoms with van der Waals surface area (Å²) in [6, 6.07) is 0. The molecule has 0 aliphatic carbocycles. The van der Waals surface area contributed by atoms with Crippen molar-refractivity contribution in [1.29, 1.82) is 0 Å².